The smallest absolute Gasteiger partial charge is 0.173 e. The molecule has 0 saturated carbocycles. The van der Waals surface area contributed by atoms with Gasteiger partial charge in [0.2, 0.25) is 0 Å². The van der Waals surface area contributed by atoms with Gasteiger partial charge in [-0.2, -0.15) is 0 Å². The topological polar surface area (TPSA) is 46.2 Å². The monoisotopic (exact) mass is 368 g/mol. The molecule has 0 aliphatic rings. The van der Waals surface area contributed by atoms with Gasteiger partial charge < -0.3 is 19.2 Å². The van der Waals surface area contributed by atoms with Gasteiger partial charge in [0.05, 0.1) is 12.9 Å². The minimum absolute atomic E-state index is 0.648. The Hall–Kier alpha value is -2.60. The van der Waals surface area contributed by atoms with E-state index in [9.17, 15) is 0 Å². The number of aryl methyl sites for hydroxylation is 3. The quantitative estimate of drug-likeness (QED) is 0.627. The van der Waals surface area contributed by atoms with Crippen LogP contribution in [0.4, 0.5) is 5.69 Å². The second-order valence-electron chi connectivity index (χ2n) is 6.39. The molecule has 0 unspecified atom stereocenters. The van der Waals surface area contributed by atoms with Crippen LogP contribution in [-0.2, 0) is 13.1 Å². The lowest BCUT2D eigenvalue weighted by atomic mass is 10.2. The summed E-state index contributed by atoms with van der Waals surface area (Å²) < 4.78 is 7.82. The van der Waals surface area contributed by atoms with Crippen molar-refractivity contribution in [3.8, 4) is 0 Å². The number of hydrogen-bond acceptors (Lipinski definition) is 3. The van der Waals surface area contributed by atoms with Gasteiger partial charge in [0.25, 0.3) is 0 Å². The van der Waals surface area contributed by atoms with E-state index in [1.807, 2.05) is 43.7 Å². The van der Waals surface area contributed by atoms with Crippen LogP contribution >= 0.6 is 12.2 Å². The predicted molar refractivity (Wildman–Crippen MR) is 108 cm³/mol. The molecule has 3 rings (SSSR count). The molecule has 2 heterocycles. The highest BCUT2D eigenvalue weighted by atomic mass is 32.1. The summed E-state index contributed by atoms with van der Waals surface area (Å²) in [7, 11) is 0. The van der Waals surface area contributed by atoms with E-state index in [4.69, 9.17) is 16.6 Å². The summed E-state index contributed by atoms with van der Waals surface area (Å²) >= 11 is 5.67. The third-order valence-electron chi connectivity index (χ3n) is 4.10. The number of furan rings is 1. The van der Waals surface area contributed by atoms with Gasteiger partial charge in [-0.3, -0.25) is 0 Å². The molecule has 6 heteroatoms. The van der Waals surface area contributed by atoms with E-state index in [1.165, 1.54) is 5.56 Å². The Morgan fingerprint density at radius 2 is 2.15 bits per heavy atom. The lowest BCUT2D eigenvalue weighted by Crippen LogP contribution is -2.35. The second-order valence-corrected chi connectivity index (χ2v) is 6.77. The molecule has 0 spiro atoms. The Balaban J connectivity index is 1.65. The fourth-order valence-electron chi connectivity index (χ4n) is 2.80. The van der Waals surface area contributed by atoms with Gasteiger partial charge in [0, 0.05) is 31.2 Å². The maximum atomic E-state index is 5.74. The molecule has 0 aliphatic carbocycles. The van der Waals surface area contributed by atoms with Gasteiger partial charge in [-0.05, 0) is 62.3 Å². The molecule has 136 valence electrons. The Labute approximate surface area is 159 Å². The molecular weight excluding hydrogens is 344 g/mol. The third-order valence-corrected chi connectivity index (χ3v) is 4.46. The first-order chi connectivity index (χ1) is 12.6. The molecule has 5 nitrogen and oxygen atoms in total. The standard InChI is InChI=1S/C20H24N4OS/c1-16-5-3-6-18(13-16)22-20(26)24(14-19-8-7-17(2)25-19)11-4-10-23-12-9-21-15-23/h3,5-9,12-13,15H,4,10-11,14H2,1-2H3,(H,22,26). The van der Waals surface area contributed by atoms with Crippen LogP contribution in [0, 0.1) is 13.8 Å². The molecular formula is C20H24N4OS. The van der Waals surface area contributed by atoms with Crippen LogP contribution in [0.1, 0.15) is 23.5 Å². The zero-order valence-electron chi connectivity index (χ0n) is 15.2. The zero-order chi connectivity index (χ0) is 18.4. The normalized spacial score (nSPS) is 10.7. The SMILES string of the molecule is Cc1cccc(NC(=S)N(CCCn2ccnc2)Cc2ccc(C)o2)c1. The largest absolute Gasteiger partial charge is 0.464 e. The number of rotatable bonds is 7. The van der Waals surface area contributed by atoms with E-state index in [-0.39, 0.29) is 0 Å². The van der Waals surface area contributed by atoms with Gasteiger partial charge >= 0.3 is 0 Å². The minimum Gasteiger partial charge on any atom is -0.464 e. The van der Waals surface area contributed by atoms with Gasteiger partial charge in [-0.25, -0.2) is 4.98 Å². The van der Waals surface area contributed by atoms with Crippen LogP contribution in [0.2, 0.25) is 0 Å². The lowest BCUT2D eigenvalue weighted by Gasteiger charge is -2.25. The van der Waals surface area contributed by atoms with E-state index in [1.54, 1.807) is 6.20 Å². The number of benzene rings is 1. The van der Waals surface area contributed by atoms with E-state index in [0.29, 0.717) is 11.7 Å². The van der Waals surface area contributed by atoms with Crippen molar-refractivity contribution in [3.63, 3.8) is 0 Å². The number of nitrogens with zero attached hydrogens (tertiary/aromatic N) is 3. The first-order valence-corrected chi connectivity index (χ1v) is 9.14. The average Bonchev–Trinajstić information content (AvgIpc) is 3.26. The Bertz CT molecular complexity index is 841. The van der Waals surface area contributed by atoms with E-state index in [2.05, 4.69) is 38.8 Å². The highest BCUT2D eigenvalue weighted by Crippen LogP contribution is 2.14. The van der Waals surface area contributed by atoms with Crippen LogP contribution in [0.25, 0.3) is 0 Å². The van der Waals surface area contributed by atoms with Crippen LogP contribution in [0.5, 0.6) is 0 Å². The number of anilines is 1. The van der Waals surface area contributed by atoms with Gasteiger partial charge in [0.15, 0.2) is 5.11 Å². The van der Waals surface area contributed by atoms with Gasteiger partial charge in [-0.15, -0.1) is 0 Å². The number of imidazole rings is 1. The van der Waals surface area contributed by atoms with Crippen molar-refractivity contribution in [2.24, 2.45) is 0 Å². The number of hydrogen-bond donors (Lipinski definition) is 1. The minimum atomic E-state index is 0.648. The van der Waals surface area contributed by atoms with Crippen molar-refractivity contribution in [2.45, 2.75) is 33.4 Å². The first-order valence-electron chi connectivity index (χ1n) is 8.74. The summed E-state index contributed by atoms with van der Waals surface area (Å²) in [6.45, 7) is 6.41. The molecule has 0 saturated heterocycles. The molecule has 0 bridgehead atoms. The highest BCUT2D eigenvalue weighted by Gasteiger charge is 2.13. The summed E-state index contributed by atoms with van der Waals surface area (Å²) in [4.78, 5) is 6.23. The molecule has 2 aromatic heterocycles. The summed E-state index contributed by atoms with van der Waals surface area (Å²) in [5.74, 6) is 1.83. The van der Waals surface area contributed by atoms with E-state index in [0.717, 1.165) is 36.7 Å². The molecule has 3 aromatic rings. The van der Waals surface area contributed by atoms with Crippen LogP contribution in [0.15, 0.2) is 59.5 Å². The molecule has 0 radical (unpaired) electrons. The van der Waals surface area contributed by atoms with Gasteiger partial charge in [0.1, 0.15) is 11.5 Å². The molecule has 0 aliphatic heterocycles. The lowest BCUT2D eigenvalue weighted by molar-refractivity contribution is 0.348. The third kappa shape index (κ3) is 5.20. The fraction of sp³-hybridized carbons (Fsp3) is 0.300. The van der Waals surface area contributed by atoms with Crippen LogP contribution in [-0.4, -0.2) is 26.1 Å². The summed E-state index contributed by atoms with van der Waals surface area (Å²) in [5.41, 5.74) is 2.20. The van der Waals surface area contributed by atoms with E-state index >= 15 is 0 Å². The molecule has 26 heavy (non-hydrogen) atoms. The van der Waals surface area contributed by atoms with Gasteiger partial charge in [-0.1, -0.05) is 12.1 Å². The maximum absolute atomic E-state index is 5.74. The Kier molecular flexibility index (Phi) is 6.07. The van der Waals surface area contributed by atoms with Crippen molar-refractivity contribution in [2.75, 3.05) is 11.9 Å². The van der Waals surface area contributed by atoms with E-state index < -0.39 is 0 Å². The predicted octanol–water partition coefficient (Wildman–Crippen LogP) is 4.38. The Morgan fingerprint density at radius 1 is 1.27 bits per heavy atom. The fourth-order valence-corrected chi connectivity index (χ4v) is 3.07. The second kappa shape index (κ2) is 8.67. The number of thiocarbonyl (C=S) groups is 1. The first kappa shape index (κ1) is 18.2. The van der Waals surface area contributed by atoms with Crippen LogP contribution < -0.4 is 5.32 Å². The molecule has 1 N–H and O–H groups in total. The number of nitrogens with one attached hydrogen (secondary N) is 1. The number of aromatic nitrogens is 2. The van der Waals surface area contributed by atoms with Crippen molar-refractivity contribution in [1.29, 1.82) is 0 Å². The summed E-state index contributed by atoms with van der Waals surface area (Å²) in [6, 6.07) is 12.2. The van der Waals surface area contributed by atoms with Crippen molar-refractivity contribution in [3.05, 3.63) is 72.2 Å². The van der Waals surface area contributed by atoms with Crippen molar-refractivity contribution in [1.82, 2.24) is 14.5 Å². The molecule has 0 fully saturated rings. The molecule has 1 aromatic carbocycles. The Morgan fingerprint density at radius 3 is 2.85 bits per heavy atom. The highest BCUT2D eigenvalue weighted by molar-refractivity contribution is 7.80. The molecule has 0 atom stereocenters. The summed E-state index contributed by atoms with van der Waals surface area (Å²) in [6.07, 6.45) is 6.58. The average molecular weight is 369 g/mol. The van der Waals surface area contributed by atoms with Crippen molar-refractivity contribution < 1.29 is 4.42 Å². The molecule has 0 amide bonds. The maximum Gasteiger partial charge on any atom is 0.173 e. The zero-order valence-corrected chi connectivity index (χ0v) is 16.0. The van der Waals surface area contributed by atoms with Crippen LogP contribution in [0.3, 0.4) is 0 Å². The summed E-state index contributed by atoms with van der Waals surface area (Å²) in [5, 5.41) is 4.05. The van der Waals surface area contributed by atoms with Crippen molar-refractivity contribution >= 4 is 23.0 Å².